The summed E-state index contributed by atoms with van der Waals surface area (Å²) in [5.41, 5.74) is 8.10. The third-order valence-corrected chi connectivity index (χ3v) is 10.1. The number of anilines is 1. The van der Waals surface area contributed by atoms with Crippen LogP contribution in [0.3, 0.4) is 0 Å². The number of carbonyl (C=O) groups excluding carboxylic acids is 1. The molecule has 3 heterocycles. The van der Waals surface area contributed by atoms with E-state index in [2.05, 4.69) is 45.7 Å². The number of fused-ring (bicyclic) bond motifs is 4. The fourth-order valence-electron chi connectivity index (χ4n) is 6.58. The first kappa shape index (κ1) is 33.9. The van der Waals surface area contributed by atoms with Gasteiger partial charge in [0.05, 0.1) is 22.3 Å². The summed E-state index contributed by atoms with van der Waals surface area (Å²) in [5, 5.41) is 7.50. The number of nitrogens with zero attached hydrogens (tertiary/aromatic N) is 4. The first-order chi connectivity index (χ1) is 23.2. The number of hydrogen-bond donors (Lipinski definition) is 2. The third kappa shape index (κ3) is 7.22. The van der Waals surface area contributed by atoms with Gasteiger partial charge in [0, 0.05) is 35.0 Å². The van der Waals surface area contributed by atoms with Crippen LogP contribution in [-0.2, 0) is 16.6 Å². The summed E-state index contributed by atoms with van der Waals surface area (Å²) in [4.78, 5) is 25.5. The number of aryl methyl sites for hydroxylation is 4. The molecule has 0 unspecified atom stereocenters. The van der Waals surface area contributed by atoms with Crippen LogP contribution in [0.15, 0.2) is 77.7 Å². The van der Waals surface area contributed by atoms with E-state index in [1.807, 2.05) is 70.2 Å². The van der Waals surface area contributed by atoms with E-state index in [0.29, 0.717) is 12.1 Å². The predicted molar refractivity (Wildman–Crippen MR) is 191 cm³/mol. The molecule has 1 aliphatic rings. The van der Waals surface area contributed by atoms with Crippen molar-refractivity contribution in [3.63, 3.8) is 0 Å². The van der Waals surface area contributed by atoms with Gasteiger partial charge in [-0.1, -0.05) is 69.3 Å². The van der Waals surface area contributed by atoms with Crippen LogP contribution in [0.1, 0.15) is 65.6 Å². The topological polar surface area (TPSA) is 130 Å². The molecule has 1 atom stereocenters. The Balaban J connectivity index is 1.52. The highest BCUT2D eigenvalue weighted by Gasteiger charge is 2.32. The van der Waals surface area contributed by atoms with Crippen LogP contribution in [0.2, 0.25) is 0 Å². The monoisotopic (exact) mass is 678 g/mol. The highest BCUT2D eigenvalue weighted by molar-refractivity contribution is 7.92. The molecule has 0 saturated carbocycles. The van der Waals surface area contributed by atoms with Crippen molar-refractivity contribution in [1.29, 1.82) is 0 Å². The van der Waals surface area contributed by atoms with Crippen molar-refractivity contribution in [1.82, 2.24) is 25.1 Å². The fraction of sp³-hybridized carbons (Fsp3) is 0.316. The zero-order chi connectivity index (χ0) is 35.1. The molecule has 2 aromatic heterocycles. The van der Waals surface area contributed by atoms with E-state index in [1.54, 1.807) is 23.1 Å². The second kappa shape index (κ2) is 13.1. The Morgan fingerprint density at radius 2 is 1.61 bits per heavy atom. The summed E-state index contributed by atoms with van der Waals surface area (Å²) in [6.45, 7) is 14.7. The van der Waals surface area contributed by atoms with Gasteiger partial charge in [-0.3, -0.25) is 9.89 Å². The molecule has 3 aromatic carbocycles. The number of H-pyrrole nitrogens is 1. The molecule has 10 nitrogen and oxygen atoms in total. The number of carbonyl (C=O) groups is 1. The average molecular weight is 679 g/mol. The highest BCUT2D eigenvalue weighted by Crippen LogP contribution is 2.34. The van der Waals surface area contributed by atoms with Crippen LogP contribution in [-0.4, -0.2) is 52.0 Å². The summed E-state index contributed by atoms with van der Waals surface area (Å²) >= 11 is 0. The van der Waals surface area contributed by atoms with Crippen molar-refractivity contribution >= 4 is 21.9 Å². The van der Waals surface area contributed by atoms with E-state index in [9.17, 15) is 13.2 Å². The van der Waals surface area contributed by atoms with E-state index >= 15 is 0 Å². The van der Waals surface area contributed by atoms with Gasteiger partial charge >= 0.3 is 0 Å². The normalized spacial score (nSPS) is 16.2. The van der Waals surface area contributed by atoms with Gasteiger partial charge in [-0.25, -0.2) is 18.1 Å². The van der Waals surface area contributed by atoms with Crippen LogP contribution in [0.25, 0.3) is 22.4 Å². The molecule has 1 aliphatic heterocycles. The molecule has 0 saturated heterocycles. The summed E-state index contributed by atoms with van der Waals surface area (Å²) < 4.78 is 36.5. The molecule has 0 radical (unpaired) electrons. The number of aromatic nitrogens is 4. The number of sulfonamides is 1. The lowest BCUT2D eigenvalue weighted by molar-refractivity contribution is 0.0513. The van der Waals surface area contributed by atoms with Crippen LogP contribution in [0.5, 0.6) is 5.88 Å². The molecule has 0 spiro atoms. The smallest absolute Gasteiger partial charge is 0.264 e. The van der Waals surface area contributed by atoms with E-state index in [-0.39, 0.29) is 46.8 Å². The lowest BCUT2D eigenvalue weighted by Gasteiger charge is -2.36. The lowest BCUT2D eigenvalue weighted by atomic mass is 9.87. The summed E-state index contributed by atoms with van der Waals surface area (Å²) in [7, 11) is -4.18. The molecule has 11 heteroatoms. The van der Waals surface area contributed by atoms with Crippen LogP contribution in [0.4, 0.5) is 5.95 Å². The molecule has 2 N–H and O–H groups in total. The SMILES string of the molecule is Cc1cccc(C)c1-c1cc2nc(n1)NS(=O)(=O)c1cccc(c1)C(=O)N(Cc1ccccc1-c1c(C)n[nH]c1C)[C@H](CC(C)(C)C)CO2. The minimum absolute atomic E-state index is 0.0708. The first-order valence-corrected chi connectivity index (χ1v) is 17.8. The maximum atomic E-state index is 14.7. The number of rotatable bonds is 5. The van der Waals surface area contributed by atoms with Gasteiger partial charge in [-0.05, 0) is 80.0 Å². The zero-order valence-corrected chi connectivity index (χ0v) is 29.8. The Morgan fingerprint density at radius 3 is 2.31 bits per heavy atom. The van der Waals surface area contributed by atoms with Gasteiger partial charge in [0.15, 0.2) is 0 Å². The summed E-state index contributed by atoms with van der Waals surface area (Å²) in [5.74, 6) is -0.221. The molecule has 5 aromatic rings. The van der Waals surface area contributed by atoms with Crippen molar-refractivity contribution < 1.29 is 17.9 Å². The van der Waals surface area contributed by atoms with Gasteiger partial charge in [0.1, 0.15) is 6.61 Å². The Labute approximate surface area is 288 Å². The van der Waals surface area contributed by atoms with Crippen molar-refractivity contribution in [2.75, 3.05) is 11.3 Å². The van der Waals surface area contributed by atoms with E-state index in [0.717, 1.165) is 44.8 Å². The number of hydrogen-bond acceptors (Lipinski definition) is 7. The van der Waals surface area contributed by atoms with Crippen molar-refractivity contribution in [2.24, 2.45) is 5.41 Å². The number of aromatic amines is 1. The first-order valence-electron chi connectivity index (χ1n) is 16.3. The Kier molecular flexibility index (Phi) is 9.06. The third-order valence-electron chi connectivity index (χ3n) is 8.79. The fourth-order valence-corrected chi connectivity index (χ4v) is 7.57. The molecule has 4 bridgehead atoms. The second-order valence-electron chi connectivity index (χ2n) is 13.9. The lowest BCUT2D eigenvalue weighted by Crippen LogP contribution is -2.45. The van der Waals surface area contributed by atoms with Crippen molar-refractivity contribution in [3.8, 4) is 28.3 Å². The van der Waals surface area contributed by atoms with Gasteiger partial charge in [0.2, 0.25) is 11.8 Å². The molecule has 1 amide bonds. The minimum atomic E-state index is -4.18. The number of amides is 1. The largest absolute Gasteiger partial charge is 0.475 e. The van der Waals surface area contributed by atoms with Crippen molar-refractivity contribution in [3.05, 3.63) is 106 Å². The van der Waals surface area contributed by atoms with Gasteiger partial charge in [-0.15, -0.1) is 0 Å². The van der Waals surface area contributed by atoms with Crippen LogP contribution >= 0.6 is 0 Å². The summed E-state index contributed by atoms with van der Waals surface area (Å²) in [6.07, 6.45) is 0.600. The summed E-state index contributed by atoms with van der Waals surface area (Å²) in [6, 6.07) is 21.3. The van der Waals surface area contributed by atoms with E-state index in [4.69, 9.17) is 4.74 Å². The Morgan fingerprint density at radius 1 is 0.898 bits per heavy atom. The van der Waals surface area contributed by atoms with E-state index in [1.165, 1.54) is 12.1 Å². The van der Waals surface area contributed by atoms with Crippen LogP contribution < -0.4 is 9.46 Å². The molecule has 254 valence electrons. The Bertz CT molecular complexity index is 2110. The highest BCUT2D eigenvalue weighted by atomic mass is 32.2. The van der Waals surface area contributed by atoms with E-state index < -0.39 is 16.1 Å². The maximum Gasteiger partial charge on any atom is 0.264 e. The maximum absolute atomic E-state index is 14.7. The van der Waals surface area contributed by atoms with Gasteiger partial charge < -0.3 is 9.64 Å². The second-order valence-corrected chi connectivity index (χ2v) is 15.6. The standard InChI is InChI=1S/C38H42N6O4S/c1-23-12-10-13-24(2)34(23)32-19-33-40-37(39-32)43-49(46,47)30-16-11-15-27(18-30)36(45)44(29(22-48-33)20-38(5,6)7)21-28-14-8-9-17-31(28)35-25(3)41-42-26(35)4/h8-19,29H,20-22H2,1-7H3,(H,41,42)(H,39,40,43)/t29-/m1/s1. The molecule has 49 heavy (non-hydrogen) atoms. The molecular formula is C38H42N6O4S. The van der Waals surface area contributed by atoms with Crippen molar-refractivity contribution in [2.45, 2.75) is 72.4 Å². The van der Waals surface area contributed by atoms with Gasteiger partial charge in [0.25, 0.3) is 15.9 Å². The molecule has 6 rings (SSSR count). The van der Waals surface area contributed by atoms with Crippen LogP contribution in [0, 0.1) is 33.1 Å². The average Bonchev–Trinajstić information content (AvgIpc) is 3.37. The molecule has 0 aliphatic carbocycles. The number of ether oxygens (including phenoxy) is 1. The molecule has 0 fully saturated rings. The number of nitrogens with one attached hydrogen (secondary N) is 2. The van der Waals surface area contributed by atoms with Gasteiger partial charge in [-0.2, -0.15) is 10.1 Å². The number of benzene rings is 3. The Hall–Kier alpha value is -5.03. The molecular weight excluding hydrogens is 637 g/mol. The zero-order valence-electron chi connectivity index (χ0n) is 29.0. The minimum Gasteiger partial charge on any atom is -0.475 e. The predicted octanol–water partition coefficient (Wildman–Crippen LogP) is 7.41. The quantitative estimate of drug-likeness (QED) is 0.198.